The van der Waals surface area contributed by atoms with Crippen molar-refractivity contribution in [3.63, 3.8) is 0 Å². The van der Waals surface area contributed by atoms with Gasteiger partial charge in [0.25, 0.3) is 0 Å². The number of furan rings is 1. The SMILES string of the molecule is CCC(Nc1cccc(F)c1)c1ccco1. The molecule has 0 bridgehead atoms. The number of halogens is 1. The Morgan fingerprint density at radius 2 is 2.19 bits per heavy atom. The van der Waals surface area contributed by atoms with E-state index in [1.807, 2.05) is 18.2 Å². The average molecular weight is 219 g/mol. The second-order valence-corrected chi connectivity index (χ2v) is 3.63. The molecular formula is C13H14FNO. The summed E-state index contributed by atoms with van der Waals surface area (Å²) in [5.74, 6) is 0.631. The molecule has 0 aliphatic heterocycles. The van der Waals surface area contributed by atoms with E-state index in [0.717, 1.165) is 17.9 Å². The summed E-state index contributed by atoms with van der Waals surface area (Å²) in [5.41, 5.74) is 0.767. The maximum atomic E-state index is 13.0. The first-order chi connectivity index (χ1) is 7.79. The van der Waals surface area contributed by atoms with Gasteiger partial charge in [0, 0.05) is 5.69 Å². The molecule has 1 unspecified atom stereocenters. The molecule has 1 atom stereocenters. The molecule has 0 spiro atoms. The Morgan fingerprint density at radius 1 is 1.31 bits per heavy atom. The molecule has 16 heavy (non-hydrogen) atoms. The normalized spacial score (nSPS) is 12.4. The molecule has 0 fully saturated rings. The van der Waals surface area contributed by atoms with E-state index in [-0.39, 0.29) is 11.9 Å². The molecule has 84 valence electrons. The zero-order valence-corrected chi connectivity index (χ0v) is 9.11. The third-order valence-electron chi connectivity index (χ3n) is 2.46. The van der Waals surface area contributed by atoms with Gasteiger partial charge in [-0.1, -0.05) is 13.0 Å². The van der Waals surface area contributed by atoms with Crippen LogP contribution < -0.4 is 5.32 Å². The highest BCUT2D eigenvalue weighted by Gasteiger charge is 2.11. The standard InChI is InChI=1S/C13H14FNO/c1-2-12(13-7-4-8-16-13)15-11-6-3-5-10(14)9-11/h3-9,12,15H,2H2,1H3. The first-order valence-corrected chi connectivity index (χ1v) is 5.35. The van der Waals surface area contributed by atoms with Crippen LogP contribution in [0.5, 0.6) is 0 Å². The van der Waals surface area contributed by atoms with Gasteiger partial charge < -0.3 is 9.73 Å². The Morgan fingerprint density at radius 3 is 2.81 bits per heavy atom. The van der Waals surface area contributed by atoms with Crippen LogP contribution in [0.2, 0.25) is 0 Å². The fourth-order valence-corrected chi connectivity index (χ4v) is 1.64. The fourth-order valence-electron chi connectivity index (χ4n) is 1.64. The summed E-state index contributed by atoms with van der Waals surface area (Å²) in [6.45, 7) is 2.06. The van der Waals surface area contributed by atoms with Crippen LogP contribution in [-0.4, -0.2) is 0 Å². The van der Waals surface area contributed by atoms with Crippen molar-refractivity contribution in [1.29, 1.82) is 0 Å². The first-order valence-electron chi connectivity index (χ1n) is 5.35. The molecule has 0 saturated heterocycles. The van der Waals surface area contributed by atoms with Crippen LogP contribution in [0.4, 0.5) is 10.1 Å². The molecule has 1 heterocycles. The van der Waals surface area contributed by atoms with Crippen LogP contribution in [0.15, 0.2) is 47.1 Å². The lowest BCUT2D eigenvalue weighted by Crippen LogP contribution is -2.08. The van der Waals surface area contributed by atoms with E-state index in [9.17, 15) is 4.39 Å². The molecule has 0 aliphatic rings. The molecule has 1 aromatic heterocycles. The van der Waals surface area contributed by atoms with Crippen molar-refractivity contribution in [2.75, 3.05) is 5.32 Å². The summed E-state index contributed by atoms with van der Waals surface area (Å²) in [5, 5.41) is 3.24. The predicted molar refractivity (Wildman–Crippen MR) is 61.8 cm³/mol. The average Bonchev–Trinajstić information content (AvgIpc) is 2.79. The van der Waals surface area contributed by atoms with E-state index in [1.165, 1.54) is 12.1 Å². The van der Waals surface area contributed by atoms with E-state index >= 15 is 0 Å². The molecule has 0 radical (unpaired) electrons. The third kappa shape index (κ3) is 2.42. The predicted octanol–water partition coefficient (Wildman–Crippen LogP) is 3.98. The zero-order valence-electron chi connectivity index (χ0n) is 9.11. The summed E-state index contributed by atoms with van der Waals surface area (Å²) in [7, 11) is 0. The lowest BCUT2D eigenvalue weighted by atomic mass is 10.1. The van der Waals surface area contributed by atoms with Gasteiger partial charge in [-0.25, -0.2) is 4.39 Å². The summed E-state index contributed by atoms with van der Waals surface area (Å²) >= 11 is 0. The number of benzene rings is 1. The van der Waals surface area contributed by atoms with Gasteiger partial charge in [0.15, 0.2) is 0 Å². The molecule has 0 aliphatic carbocycles. The lowest BCUT2D eigenvalue weighted by Gasteiger charge is -2.15. The smallest absolute Gasteiger partial charge is 0.125 e. The van der Waals surface area contributed by atoms with E-state index in [4.69, 9.17) is 4.42 Å². The molecule has 0 saturated carbocycles. The fraction of sp³-hybridized carbons (Fsp3) is 0.231. The van der Waals surface area contributed by atoms with Crippen LogP contribution in [0, 0.1) is 5.82 Å². The van der Waals surface area contributed by atoms with Crippen molar-refractivity contribution < 1.29 is 8.81 Å². The number of nitrogens with one attached hydrogen (secondary N) is 1. The second-order valence-electron chi connectivity index (χ2n) is 3.63. The minimum Gasteiger partial charge on any atom is -0.467 e. The van der Waals surface area contributed by atoms with Crippen molar-refractivity contribution in [3.8, 4) is 0 Å². The second kappa shape index (κ2) is 4.84. The number of rotatable bonds is 4. The van der Waals surface area contributed by atoms with Gasteiger partial charge in [0.1, 0.15) is 11.6 Å². The quantitative estimate of drug-likeness (QED) is 0.841. The Hall–Kier alpha value is -1.77. The highest BCUT2D eigenvalue weighted by Crippen LogP contribution is 2.23. The maximum Gasteiger partial charge on any atom is 0.125 e. The topological polar surface area (TPSA) is 25.2 Å². The molecule has 2 rings (SSSR count). The van der Waals surface area contributed by atoms with Gasteiger partial charge in [-0.2, -0.15) is 0 Å². The van der Waals surface area contributed by atoms with Crippen LogP contribution >= 0.6 is 0 Å². The zero-order chi connectivity index (χ0) is 11.4. The summed E-state index contributed by atoms with van der Waals surface area (Å²) in [4.78, 5) is 0. The van der Waals surface area contributed by atoms with Crippen molar-refractivity contribution in [3.05, 3.63) is 54.2 Å². The van der Waals surface area contributed by atoms with E-state index in [1.54, 1.807) is 12.3 Å². The Bertz CT molecular complexity index is 439. The van der Waals surface area contributed by atoms with Gasteiger partial charge in [-0.05, 0) is 36.8 Å². The molecule has 1 aromatic carbocycles. The molecule has 2 nitrogen and oxygen atoms in total. The minimum atomic E-state index is -0.237. The van der Waals surface area contributed by atoms with Crippen molar-refractivity contribution in [2.45, 2.75) is 19.4 Å². The van der Waals surface area contributed by atoms with E-state index in [0.29, 0.717) is 0 Å². The van der Waals surface area contributed by atoms with Gasteiger partial charge in [0.05, 0.1) is 12.3 Å². The van der Waals surface area contributed by atoms with Gasteiger partial charge in [-0.15, -0.1) is 0 Å². The largest absolute Gasteiger partial charge is 0.467 e. The summed E-state index contributed by atoms with van der Waals surface area (Å²) in [6, 6.07) is 10.3. The molecular weight excluding hydrogens is 205 g/mol. The first kappa shape index (κ1) is 10.7. The van der Waals surface area contributed by atoms with Crippen molar-refractivity contribution in [2.24, 2.45) is 0 Å². The van der Waals surface area contributed by atoms with Gasteiger partial charge >= 0.3 is 0 Å². The van der Waals surface area contributed by atoms with Crippen LogP contribution in [0.25, 0.3) is 0 Å². The monoisotopic (exact) mass is 219 g/mol. The number of hydrogen-bond donors (Lipinski definition) is 1. The summed E-state index contributed by atoms with van der Waals surface area (Å²) in [6.07, 6.45) is 2.52. The van der Waals surface area contributed by atoms with E-state index in [2.05, 4.69) is 12.2 Å². The van der Waals surface area contributed by atoms with Crippen LogP contribution in [-0.2, 0) is 0 Å². The molecule has 1 N–H and O–H groups in total. The molecule has 0 amide bonds. The maximum absolute atomic E-state index is 13.0. The van der Waals surface area contributed by atoms with E-state index < -0.39 is 0 Å². The van der Waals surface area contributed by atoms with Gasteiger partial charge in [-0.3, -0.25) is 0 Å². The van der Waals surface area contributed by atoms with Crippen LogP contribution in [0.3, 0.4) is 0 Å². The highest BCUT2D eigenvalue weighted by atomic mass is 19.1. The van der Waals surface area contributed by atoms with Gasteiger partial charge in [0.2, 0.25) is 0 Å². The van der Waals surface area contributed by atoms with Crippen LogP contribution in [0.1, 0.15) is 25.1 Å². The Balaban J connectivity index is 2.13. The Labute approximate surface area is 94.1 Å². The van der Waals surface area contributed by atoms with Crippen molar-refractivity contribution >= 4 is 5.69 Å². The molecule has 2 aromatic rings. The lowest BCUT2D eigenvalue weighted by molar-refractivity contribution is 0.473. The third-order valence-corrected chi connectivity index (χ3v) is 2.46. The minimum absolute atomic E-state index is 0.0804. The highest BCUT2D eigenvalue weighted by molar-refractivity contribution is 5.44. The number of anilines is 1. The Kier molecular flexibility index (Phi) is 3.25. The van der Waals surface area contributed by atoms with Crippen molar-refractivity contribution in [1.82, 2.24) is 0 Å². The summed E-state index contributed by atoms with van der Waals surface area (Å²) < 4.78 is 18.3. The molecule has 3 heteroatoms. The number of hydrogen-bond acceptors (Lipinski definition) is 2.